The molecule has 3 rings (SSSR count). The van der Waals surface area contributed by atoms with Crippen LogP contribution in [0.1, 0.15) is 27.7 Å². The normalized spacial score (nSPS) is 19.8. The molecule has 8 heteroatoms. The molecule has 0 spiro atoms. The van der Waals surface area contributed by atoms with Crippen molar-refractivity contribution in [3.63, 3.8) is 0 Å². The number of nitrogens with zero attached hydrogens (tertiary/aromatic N) is 4. The van der Waals surface area contributed by atoms with E-state index in [9.17, 15) is 4.79 Å². The van der Waals surface area contributed by atoms with Gasteiger partial charge in [0.15, 0.2) is 0 Å². The fraction of sp³-hybridized carbons (Fsp3) is 0.368. The number of hydrogen-bond donors (Lipinski definition) is 2. The molecule has 1 amide bonds. The number of tetrazole rings is 1. The van der Waals surface area contributed by atoms with Gasteiger partial charge in [0, 0.05) is 0 Å². The average molecular weight is 385 g/mol. The Balaban J connectivity index is 1.74. The van der Waals surface area contributed by atoms with Crippen molar-refractivity contribution in [2.45, 2.75) is 32.9 Å². The van der Waals surface area contributed by atoms with Gasteiger partial charge in [0.2, 0.25) is 11.1 Å². The topological polar surface area (TPSA) is 98.7 Å². The van der Waals surface area contributed by atoms with Crippen LogP contribution in [0.5, 0.6) is 0 Å². The number of nitrogens with two attached hydrogens (primary N) is 1. The maximum Gasteiger partial charge on any atom is 0.234 e. The molecule has 1 aromatic carbocycles. The number of nitrogen functional groups attached to an aromatic ring is 1. The molecular formula is C19H24N6OS. The molecule has 0 fully saturated rings. The molecule has 0 saturated carbocycles. The number of rotatable bonds is 5. The molecule has 0 aliphatic heterocycles. The van der Waals surface area contributed by atoms with Gasteiger partial charge in [-0.15, -0.1) is 5.10 Å². The van der Waals surface area contributed by atoms with Crippen molar-refractivity contribution >= 4 is 34.7 Å². The number of allylic oxidation sites excluding steroid dienone is 4. The minimum atomic E-state index is -0.156. The van der Waals surface area contributed by atoms with Crippen LogP contribution in [0.2, 0.25) is 0 Å². The lowest BCUT2D eigenvalue weighted by molar-refractivity contribution is -0.113. The zero-order chi connectivity index (χ0) is 19.6. The standard InChI is InChI=1S/C19H24N6OS/c1-11-9-12(2)18(14(4)13(11)3)25-19(22-23-24-25)27-10-17(26)21-16-8-6-5-7-15(16)20/h5-9,11,13H,10,20H2,1-4H3,(H,21,26). The largest absolute Gasteiger partial charge is 0.397 e. The Morgan fingerprint density at radius 3 is 2.78 bits per heavy atom. The molecule has 2 atom stereocenters. The van der Waals surface area contributed by atoms with Gasteiger partial charge in [-0.25, -0.2) is 0 Å². The lowest BCUT2D eigenvalue weighted by atomic mass is 9.81. The van der Waals surface area contributed by atoms with Crippen LogP contribution < -0.4 is 11.1 Å². The van der Waals surface area contributed by atoms with E-state index in [1.54, 1.807) is 16.8 Å². The molecule has 1 heterocycles. The summed E-state index contributed by atoms with van der Waals surface area (Å²) in [6.45, 7) is 8.61. The molecule has 0 saturated heterocycles. The highest BCUT2D eigenvalue weighted by Crippen LogP contribution is 2.36. The molecule has 1 aromatic heterocycles. The summed E-state index contributed by atoms with van der Waals surface area (Å²) >= 11 is 1.30. The molecule has 142 valence electrons. The molecule has 1 aliphatic rings. The van der Waals surface area contributed by atoms with Crippen LogP contribution in [0.25, 0.3) is 5.70 Å². The van der Waals surface area contributed by atoms with Crippen LogP contribution in [0.4, 0.5) is 11.4 Å². The second kappa shape index (κ2) is 7.96. The van der Waals surface area contributed by atoms with Gasteiger partial charge in [-0.05, 0) is 59.4 Å². The lowest BCUT2D eigenvalue weighted by Crippen LogP contribution is -2.19. The molecule has 0 bridgehead atoms. The quantitative estimate of drug-likeness (QED) is 0.605. The summed E-state index contributed by atoms with van der Waals surface area (Å²) in [7, 11) is 0. The fourth-order valence-corrected chi connectivity index (χ4v) is 3.89. The van der Waals surface area contributed by atoms with E-state index in [4.69, 9.17) is 5.73 Å². The van der Waals surface area contributed by atoms with Gasteiger partial charge in [-0.1, -0.05) is 43.8 Å². The van der Waals surface area contributed by atoms with Gasteiger partial charge >= 0.3 is 0 Å². The predicted octanol–water partition coefficient (Wildman–Crippen LogP) is 3.45. The van der Waals surface area contributed by atoms with Crippen molar-refractivity contribution in [1.82, 2.24) is 20.2 Å². The number of carbonyl (C=O) groups is 1. The molecule has 27 heavy (non-hydrogen) atoms. The third-order valence-corrected chi connectivity index (χ3v) is 5.87. The van der Waals surface area contributed by atoms with Gasteiger partial charge < -0.3 is 11.1 Å². The fourth-order valence-electron chi connectivity index (χ4n) is 3.21. The van der Waals surface area contributed by atoms with Crippen molar-refractivity contribution in [2.75, 3.05) is 16.8 Å². The van der Waals surface area contributed by atoms with Gasteiger partial charge in [-0.3, -0.25) is 4.79 Å². The first-order valence-corrected chi connectivity index (χ1v) is 9.82. The molecule has 2 unspecified atom stereocenters. The molecular weight excluding hydrogens is 360 g/mol. The van der Waals surface area contributed by atoms with E-state index in [0.29, 0.717) is 28.4 Å². The minimum absolute atomic E-state index is 0.156. The molecule has 1 aliphatic carbocycles. The minimum Gasteiger partial charge on any atom is -0.397 e. The van der Waals surface area contributed by atoms with E-state index < -0.39 is 0 Å². The van der Waals surface area contributed by atoms with Crippen molar-refractivity contribution in [3.05, 3.63) is 41.5 Å². The summed E-state index contributed by atoms with van der Waals surface area (Å²) in [4.78, 5) is 12.3. The van der Waals surface area contributed by atoms with Crippen molar-refractivity contribution < 1.29 is 4.79 Å². The van der Waals surface area contributed by atoms with Gasteiger partial charge in [0.1, 0.15) is 0 Å². The highest BCUT2D eigenvalue weighted by molar-refractivity contribution is 7.99. The first-order chi connectivity index (χ1) is 12.9. The summed E-state index contributed by atoms with van der Waals surface area (Å²) in [5.74, 6) is 0.921. The average Bonchev–Trinajstić information content (AvgIpc) is 3.08. The maximum atomic E-state index is 12.3. The zero-order valence-corrected chi connectivity index (χ0v) is 16.7. The van der Waals surface area contributed by atoms with Crippen LogP contribution in [-0.4, -0.2) is 31.9 Å². The van der Waals surface area contributed by atoms with Crippen molar-refractivity contribution in [1.29, 1.82) is 0 Å². The van der Waals surface area contributed by atoms with E-state index in [0.717, 1.165) is 11.3 Å². The third kappa shape index (κ3) is 4.05. The Labute approximate surface area is 163 Å². The smallest absolute Gasteiger partial charge is 0.234 e. The maximum absolute atomic E-state index is 12.3. The monoisotopic (exact) mass is 384 g/mol. The van der Waals surface area contributed by atoms with Gasteiger partial charge in [0.25, 0.3) is 0 Å². The number of para-hydroxylation sites is 2. The summed E-state index contributed by atoms with van der Waals surface area (Å²) in [5.41, 5.74) is 10.4. The molecule has 7 nitrogen and oxygen atoms in total. The Bertz CT molecular complexity index is 916. The van der Waals surface area contributed by atoms with Crippen molar-refractivity contribution in [3.8, 4) is 0 Å². The number of hydrogen-bond acceptors (Lipinski definition) is 6. The Hall–Kier alpha value is -2.61. The van der Waals surface area contributed by atoms with Gasteiger partial charge in [-0.2, -0.15) is 4.68 Å². The summed E-state index contributed by atoms with van der Waals surface area (Å²) in [5, 5.41) is 15.5. The highest BCUT2D eigenvalue weighted by atomic mass is 32.2. The number of benzene rings is 1. The van der Waals surface area contributed by atoms with Crippen LogP contribution in [-0.2, 0) is 4.79 Å². The van der Waals surface area contributed by atoms with E-state index in [-0.39, 0.29) is 11.7 Å². The molecule has 3 N–H and O–H groups in total. The van der Waals surface area contributed by atoms with Crippen LogP contribution in [0.15, 0.2) is 46.6 Å². The van der Waals surface area contributed by atoms with Crippen LogP contribution in [0, 0.1) is 11.8 Å². The summed E-state index contributed by atoms with van der Waals surface area (Å²) in [6, 6.07) is 7.18. The van der Waals surface area contributed by atoms with Crippen LogP contribution >= 0.6 is 11.8 Å². The molecule has 0 radical (unpaired) electrons. The predicted molar refractivity (Wildman–Crippen MR) is 109 cm³/mol. The number of carbonyl (C=O) groups excluding carboxylic acids is 1. The number of nitrogens with one attached hydrogen (secondary N) is 1. The van der Waals surface area contributed by atoms with Crippen LogP contribution in [0.3, 0.4) is 0 Å². The summed E-state index contributed by atoms with van der Waals surface area (Å²) < 4.78 is 1.73. The van der Waals surface area contributed by atoms with E-state index >= 15 is 0 Å². The third-order valence-electron chi connectivity index (χ3n) is 4.95. The van der Waals surface area contributed by atoms with E-state index in [2.05, 4.69) is 54.6 Å². The van der Waals surface area contributed by atoms with E-state index in [1.807, 2.05) is 12.1 Å². The number of thioether (sulfide) groups is 1. The Morgan fingerprint density at radius 1 is 1.30 bits per heavy atom. The summed E-state index contributed by atoms with van der Waals surface area (Å²) in [6.07, 6.45) is 2.24. The number of aromatic nitrogens is 4. The zero-order valence-electron chi connectivity index (χ0n) is 15.9. The number of anilines is 2. The van der Waals surface area contributed by atoms with Gasteiger partial charge in [0.05, 0.1) is 22.8 Å². The Kier molecular flexibility index (Phi) is 5.65. The number of amides is 1. The lowest BCUT2D eigenvalue weighted by Gasteiger charge is -2.27. The first-order valence-electron chi connectivity index (χ1n) is 8.84. The second-order valence-corrected chi connectivity index (χ2v) is 7.77. The first kappa shape index (κ1) is 19.2. The Morgan fingerprint density at radius 2 is 2.04 bits per heavy atom. The SMILES string of the molecule is CC1=CC(C)C(C)C(C)=C1n1nnnc1SCC(=O)Nc1ccccc1N. The second-order valence-electron chi connectivity index (χ2n) is 6.83. The molecule has 2 aromatic rings. The van der Waals surface area contributed by atoms with E-state index in [1.165, 1.54) is 17.3 Å². The van der Waals surface area contributed by atoms with Crippen molar-refractivity contribution in [2.24, 2.45) is 11.8 Å². The highest BCUT2D eigenvalue weighted by Gasteiger charge is 2.25.